The Balaban J connectivity index is 1.87. The molecule has 0 saturated carbocycles. The lowest BCUT2D eigenvalue weighted by Gasteiger charge is -2.01. The molecule has 2 aromatic carbocycles. The van der Waals surface area contributed by atoms with Crippen molar-refractivity contribution in [2.45, 2.75) is 45.4 Å². The molecule has 0 nitrogen and oxygen atoms in total. The van der Waals surface area contributed by atoms with Gasteiger partial charge in [0.05, 0.1) is 0 Å². The molecule has 0 spiro atoms. The van der Waals surface area contributed by atoms with Crippen LogP contribution in [0.25, 0.3) is 0 Å². The van der Waals surface area contributed by atoms with E-state index in [1.807, 2.05) is 6.08 Å². The first-order valence-electron chi connectivity index (χ1n) is 8.62. The summed E-state index contributed by atoms with van der Waals surface area (Å²) >= 11 is 0. The fraction of sp³-hybridized carbons (Fsp3) is 0.304. The third kappa shape index (κ3) is 6.17. The fourth-order valence-electron chi connectivity index (χ4n) is 2.52. The van der Waals surface area contributed by atoms with E-state index in [4.69, 9.17) is 0 Å². The lowest BCUT2D eigenvalue weighted by molar-refractivity contribution is 0.687. The predicted octanol–water partition coefficient (Wildman–Crippen LogP) is 5.94. The lowest BCUT2D eigenvalue weighted by atomic mass is 10.0. The predicted molar refractivity (Wildman–Crippen MR) is 101 cm³/mol. The van der Waals surface area contributed by atoms with E-state index in [1.165, 1.54) is 30.4 Å². The molecule has 0 atom stereocenters. The van der Waals surface area contributed by atoms with Crippen LogP contribution in [0.5, 0.6) is 0 Å². The minimum Gasteiger partial charge on any atom is -0.103 e. The van der Waals surface area contributed by atoms with Crippen molar-refractivity contribution in [3.63, 3.8) is 0 Å². The summed E-state index contributed by atoms with van der Waals surface area (Å²) in [6.07, 6.45) is 9.15. The fourth-order valence-corrected chi connectivity index (χ4v) is 2.52. The van der Waals surface area contributed by atoms with Crippen LogP contribution in [-0.4, -0.2) is 0 Å². The maximum atomic E-state index is 3.76. The second-order valence-electron chi connectivity index (χ2n) is 5.89. The van der Waals surface area contributed by atoms with Crippen molar-refractivity contribution in [1.29, 1.82) is 0 Å². The van der Waals surface area contributed by atoms with E-state index >= 15 is 0 Å². The van der Waals surface area contributed by atoms with Crippen LogP contribution in [0.2, 0.25) is 0 Å². The van der Waals surface area contributed by atoms with Gasteiger partial charge in [0.1, 0.15) is 0 Å². The molecule has 2 aromatic rings. The Labute approximate surface area is 141 Å². The molecule has 0 aliphatic rings. The SMILES string of the molecule is C=CCCCCCc1ccc(C#Cc2ccc(CC)cc2)cc1. The number of hydrogen-bond donors (Lipinski definition) is 0. The van der Waals surface area contributed by atoms with Crippen molar-refractivity contribution < 1.29 is 0 Å². The van der Waals surface area contributed by atoms with Gasteiger partial charge in [-0.15, -0.1) is 6.58 Å². The number of unbranched alkanes of at least 4 members (excludes halogenated alkanes) is 3. The van der Waals surface area contributed by atoms with Crippen molar-refractivity contribution in [1.82, 2.24) is 0 Å². The zero-order valence-electron chi connectivity index (χ0n) is 14.1. The van der Waals surface area contributed by atoms with Crippen LogP contribution in [-0.2, 0) is 12.8 Å². The summed E-state index contributed by atoms with van der Waals surface area (Å²) in [7, 11) is 0. The maximum Gasteiger partial charge on any atom is 0.0249 e. The van der Waals surface area contributed by atoms with Crippen LogP contribution in [0.15, 0.2) is 61.2 Å². The molecule has 0 heteroatoms. The van der Waals surface area contributed by atoms with E-state index < -0.39 is 0 Å². The van der Waals surface area contributed by atoms with E-state index in [9.17, 15) is 0 Å². The molecule has 0 N–H and O–H groups in total. The molecule has 0 heterocycles. The van der Waals surface area contributed by atoms with Gasteiger partial charge in [-0.25, -0.2) is 0 Å². The van der Waals surface area contributed by atoms with E-state index in [2.05, 4.69) is 73.9 Å². The van der Waals surface area contributed by atoms with Crippen LogP contribution in [0, 0.1) is 11.8 Å². The molecule has 0 aromatic heterocycles. The Bertz CT molecular complexity index is 648. The van der Waals surface area contributed by atoms with Crippen molar-refractivity contribution in [3.8, 4) is 11.8 Å². The van der Waals surface area contributed by atoms with Crippen molar-refractivity contribution in [3.05, 3.63) is 83.4 Å². The maximum absolute atomic E-state index is 3.76. The average Bonchev–Trinajstić information content (AvgIpc) is 2.61. The second-order valence-corrected chi connectivity index (χ2v) is 5.89. The van der Waals surface area contributed by atoms with E-state index in [0.717, 1.165) is 30.4 Å². The molecule has 0 bridgehead atoms. The Hall–Kier alpha value is -2.26. The topological polar surface area (TPSA) is 0 Å². The molecule has 0 fully saturated rings. The zero-order chi connectivity index (χ0) is 16.3. The molecule has 0 amide bonds. The minimum atomic E-state index is 1.07. The van der Waals surface area contributed by atoms with Gasteiger partial charge in [0.15, 0.2) is 0 Å². The van der Waals surface area contributed by atoms with Crippen LogP contribution in [0.1, 0.15) is 54.9 Å². The highest BCUT2D eigenvalue weighted by atomic mass is 14.0. The third-order valence-corrected chi connectivity index (χ3v) is 4.04. The smallest absolute Gasteiger partial charge is 0.0249 e. The average molecular weight is 302 g/mol. The number of hydrogen-bond acceptors (Lipinski definition) is 0. The summed E-state index contributed by atoms with van der Waals surface area (Å²) in [5.41, 5.74) is 4.92. The summed E-state index contributed by atoms with van der Waals surface area (Å²) in [5.74, 6) is 6.49. The number of benzene rings is 2. The molecule has 23 heavy (non-hydrogen) atoms. The monoisotopic (exact) mass is 302 g/mol. The third-order valence-electron chi connectivity index (χ3n) is 4.04. The Kier molecular flexibility index (Phi) is 7.21. The number of rotatable bonds is 7. The van der Waals surface area contributed by atoms with Gasteiger partial charge in [-0.05, 0) is 67.5 Å². The van der Waals surface area contributed by atoms with Crippen molar-refractivity contribution in [2.75, 3.05) is 0 Å². The molecular weight excluding hydrogens is 276 g/mol. The van der Waals surface area contributed by atoms with Gasteiger partial charge >= 0.3 is 0 Å². The van der Waals surface area contributed by atoms with E-state index in [1.54, 1.807) is 0 Å². The van der Waals surface area contributed by atoms with Gasteiger partial charge in [0, 0.05) is 11.1 Å². The van der Waals surface area contributed by atoms with Gasteiger partial charge in [0.25, 0.3) is 0 Å². The molecule has 2 rings (SSSR count). The quantitative estimate of drug-likeness (QED) is 0.337. The summed E-state index contributed by atoms with van der Waals surface area (Å²) in [6, 6.07) is 17.2. The highest BCUT2D eigenvalue weighted by molar-refractivity contribution is 5.44. The number of aryl methyl sites for hydroxylation is 2. The van der Waals surface area contributed by atoms with Gasteiger partial charge < -0.3 is 0 Å². The largest absolute Gasteiger partial charge is 0.103 e. The molecule has 0 unspecified atom stereocenters. The molecule has 0 radical (unpaired) electrons. The van der Waals surface area contributed by atoms with Gasteiger partial charge in [-0.3, -0.25) is 0 Å². The zero-order valence-corrected chi connectivity index (χ0v) is 14.1. The normalized spacial score (nSPS) is 9.96. The van der Waals surface area contributed by atoms with Crippen LogP contribution in [0.3, 0.4) is 0 Å². The van der Waals surface area contributed by atoms with E-state index in [-0.39, 0.29) is 0 Å². The van der Waals surface area contributed by atoms with Crippen molar-refractivity contribution in [2.24, 2.45) is 0 Å². The highest BCUT2D eigenvalue weighted by Gasteiger charge is 1.94. The van der Waals surface area contributed by atoms with E-state index in [0.29, 0.717) is 0 Å². The first kappa shape index (κ1) is 17.1. The van der Waals surface area contributed by atoms with Crippen LogP contribution < -0.4 is 0 Å². The summed E-state index contributed by atoms with van der Waals surface area (Å²) in [5, 5.41) is 0. The molecular formula is C23H26. The van der Waals surface area contributed by atoms with Gasteiger partial charge in [0.2, 0.25) is 0 Å². The second kappa shape index (κ2) is 9.70. The lowest BCUT2D eigenvalue weighted by Crippen LogP contribution is -1.86. The molecule has 0 saturated heterocycles. The molecule has 118 valence electrons. The van der Waals surface area contributed by atoms with Gasteiger partial charge in [-0.2, -0.15) is 0 Å². The Morgan fingerprint density at radius 3 is 1.87 bits per heavy atom. The minimum absolute atomic E-state index is 1.07. The number of allylic oxidation sites excluding steroid dienone is 1. The standard InChI is InChI=1S/C23H26/c1-3-5-6-7-8-9-21-14-16-23(17-15-21)19-18-22-12-10-20(4-2)11-13-22/h3,10-17H,1,4-9H2,2H3. The Morgan fingerprint density at radius 1 is 0.783 bits per heavy atom. The highest BCUT2D eigenvalue weighted by Crippen LogP contribution is 2.10. The Morgan fingerprint density at radius 2 is 1.35 bits per heavy atom. The van der Waals surface area contributed by atoms with Crippen molar-refractivity contribution >= 4 is 0 Å². The molecule has 0 aliphatic heterocycles. The summed E-state index contributed by atoms with van der Waals surface area (Å²) in [6.45, 7) is 5.93. The van der Waals surface area contributed by atoms with Gasteiger partial charge in [-0.1, -0.05) is 55.5 Å². The first-order chi connectivity index (χ1) is 11.3. The summed E-state index contributed by atoms with van der Waals surface area (Å²) < 4.78 is 0. The molecule has 0 aliphatic carbocycles. The summed E-state index contributed by atoms with van der Waals surface area (Å²) in [4.78, 5) is 0. The van der Waals surface area contributed by atoms with Crippen LogP contribution >= 0.6 is 0 Å². The van der Waals surface area contributed by atoms with Crippen LogP contribution in [0.4, 0.5) is 0 Å². The first-order valence-corrected chi connectivity index (χ1v) is 8.62.